The van der Waals surface area contributed by atoms with Gasteiger partial charge in [-0.05, 0) is 36.5 Å². The summed E-state index contributed by atoms with van der Waals surface area (Å²) in [5.41, 5.74) is 4.49. The van der Waals surface area contributed by atoms with Gasteiger partial charge in [0.1, 0.15) is 11.6 Å². The fourth-order valence-electron chi connectivity index (χ4n) is 3.06. The number of hydrogen-bond acceptors (Lipinski definition) is 2. The molecule has 0 aromatic heterocycles. The predicted octanol–water partition coefficient (Wildman–Crippen LogP) is 3.07. The zero-order valence-electron chi connectivity index (χ0n) is 11.7. The van der Waals surface area contributed by atoms with Crippen molar-refractivity contribution in [2.75, 3.05) is 0 Å². The minimum Gasteiger partial charge on any atom is -0.271 e. The first-order chi connectivity index (χ1) is 10.2. The van der Waals surface area contributed by atoms with Crippen LogP contribution >= 0.6 is 0 Å². The van der Waals surface area contributed by atoms with Gasteiger partial charge in [-0.1, -0.05) is 36.4 Å². The number of nitrogens with two attached hydrogens (primary N) is 1. The SMILES string of the molecule is NNC(Cc1ccc(F)cc1F)C1(c2ccccc2)CC1. The van der Waals surface area contributed by atoms with Crippen molar-refractivity contribution < 1.29 is 8.78 Å². The number of hydrazine groups is 1. The molecule has 1 fully saturated rings. The van der Waals surface area contributed by atoms with Crippen molar-refractivity contribution >= 4 is 0 Å². The number of halogens is 2. The molecule has 0 radical (unpaired) electrons. The van der Waals surface area contributed by atoms with Crippen molar-refractivity contribution in [2.24, 2.45) is 5.84 Å². The highest BCUT2D eigenvalue weighted by molar-refractivity contribution is 5.35. The zero-order valence-corrected chi connectivity index (χ0v) is 11.7. The van der Waals surface area contributed by atoms with Crippen LogP contribution in [0.3, 0.4) is 0 Å². The van der Waals surface area contributed by atoms with Crippen LogP contribution in [0.15, 0.2) is 48.5 Å². The lowest BCUT2D eigenvalue weighted by atomic mass is 9.84. The van der Waals surface area contributed by atoms with Gasteiger partial charge in [0.15, 0.2) is 0 Å². The monoisotopic (exact) mass is 288 g/mol. The lowest BCUT2D eigenvalue weighted by Crippen LogP contribution is -2.45. The van der Waals surface area contributed by atoms with Crippen LogP contribution in [0.4, 0.5) is 8.78 Å². The maximum Gasteiger partial charge on any atom is 0.129 e. The van der Waals surface area contributed by atoms with E-state index < -0.39 is 11.6 Å². The molecule has 3 rings (SSSR count). The van der Waals surface area contributed by atoms with Crippen molar-refractivity contribution in [3.05, 3.63) is 71.3 Å². The van der Waals surface area contributed by atoms with Gasteiger partial charge in [-0.2, -0.15) is 0 Å². The average Bonchev–Trinajstić information content (AvgIpc) is 3.29. The maximum absolute atomic E-state index is 13.8. The molecule has 0 aliphatic heterocycles. The fourth-order valence-corrected chi connectivity index (χ4v) is 3.06. The number of benzene rings is 2. The van der Waals surface area contributed by atoms with Gasteiger partial charge in [-0.3, -0.25) is 11.3 Å². The molecular formula is C17H18F2N2. The molecule has 0 amide bonds. The van der Waals surface area contributed by atoms with E-state index in [9.17, 15) is 8.78 Å². The van der Waals surface area contributed by atoms with E-state index in [0.717, 1.165) is 18.9 Å². The molecule has 1 saturated carbocycles. The molecule has 2 nitrogen and oxygen atoms in total. The smallest absolute Gasteiger partial charge is 0.129 e. The summed E-state index contributed by atoms with van der Waals surface area (Å²) in [4.78, 5) is 0. The van der Waals surface area contributed by atoms with Crippen LogP contribution in [0, 0.1) is 11.6 Å². The normalized spacial score (nSPS) is 17.5. The molecule has 0 saturated heterocycles. The summed E-state index contributed by atoms with van der Waals surface area (Å²) in [5, 5.41) is 0. The van der Waals surface area contributed by atoms with Crippen LogP contribution in [-0.4, -0.2) is 6.04 Å². The second-order valence-electron chi connectivity index (χ2n) is 5.68. The van der Waals surface area contributed by atoms with E-state index in [0.29, 0.717) is 12.0 Å². The van der Waals surface area contributed by atoms with Crippen molar-refractivity contribution in [3.8, 4) is 0 Å². The summed E-state index contributed by atoms with van der Waals surface area (Å²) in [6, 6.07) is 13.8. The van der Waals surface area contributed by atoms with Gasteiger partial charge in [0.05, 0.1) is 0 Å². The van der Waals surface area contributed by atoms with E-state index in [2.05, 4.69) is 17.6 Å². The van der Waals surface area contributed by atoms with E-state index in [1.54, 1.807) is 0 Å². The first-order valence-corrected chi connectivity index (χ1v) is 7.11. The first-order valence-electron chi connectivity index (χ1n) is 7.11. The highest BCUT2D eigenvalue weighted by atomic mass is 19.1. The Morgan fingerprint density at radius 3 is 2.38 bits per heavy atom. The molecule has 110 valence electrons. The Morgan fingerprint density at radius 1 is 1.10 bits per heavy atom. The van der Waals surface area contributed by atoms with E-state index in [-0.39, 0.29) is 11.5 Å². The summed E-state index contributed by atoms with van der Waals surface area (Å²) in [6.07, 6.45) is 2.49. The number of hydrogen-bond donors (Lipinski definition) is 2. The summed E-state index contributed by atoms with van der Waals surface area (Å²) in [6.45, 7) is 0. The van der Waals surface area contributed by atoms with Gasteiger partial charge in [-0.25, -0.2) is 8.78 Å². The third-order valence-electron chi connectivity index (χ3n) is 4.44. The lowest BCUT2D eigenvalue weighted by molar-refractivity contribution is 0.414. The van der Waals surface area contributed by atoms with Crippen molar-refractivity contribution in [1.29, 1.82) is 0 Å². The minimum atomic E-state index is -0.558. The second-order valence-corrected chi connectivity index (χ2v) is 5.68. The Hall–Kier alpha value is -1.78. The van der Waals surface area contributed by atoms with Crippen molar-refractivity contribution in [1.82, 2.24) is 5.43 Å². The first kappa shape index (κ1) is 14.2. The van der Waals surface area contributed by atoms with Gasteiger partial charge in [-0.15, -0.1) is 0 Å². The summed E-state index contributed by atoms with van der Waals surface area (Å²) >= 11 is 0. The molecule has 2 aromatic carbocycles. The Labute approximate surface area is 122 Å². The molecule has 0 heterocycles. The van der Waals surface area contributed by atoms with Crippen molar-refractivity contribution in [3.63, 3.8) is 0 Å². The third kappa shape index (κ3) is 2.69. The molecule has 1 aliphatic carbocycles. The minimum absolute atomic E-state index is 0.0448. The highest BCUT2D eigenvalue weighted by Gasteiger charge is 2.50. The quantitative estimate of drug-likeness (QED) is 0.655. The van der Waals surface area contributed by atoms with Gasteiger partial charge in [0.2, 0.25) is 0 Å². The maximum atomic E-state index is 13.8. The van der Waals surface area contributed by atoms with Gasteiger partial charge < -0.3 is 0 Å². The predicted molar refractivity (Wildman–Crippen MR) is 78.5 cm³/mol. The van der Waals surface area contributed by atoms with Crippen LogP contribution < -0.4 is 11.3 Å². The number of rotatable bonds is 5. The summed E-state index contributed by atoms with van der Waals surface area (Å²) in [7, 11) is 0. The van der Waals surface area contributed by atoms with E-state index in [4.69, 9.17) is 5.84 Å². The highest BCUT2D eigenvalue weighted by Crippen LogP contribution is 2.51. The van der Waals surface area contributed by atoms with Gasteiger partial charge in [0.25, 0.3) is 0 Å². The Morgan fingerprint density at radius 2 is 1.81 bits per heavy atom. The summed E-state index contributed by atoms with van der Waals surface area (Å²) in [5.74, 6) is 4.65. The standard InChI is InChI=1S/C17H18F2N2/c18-14-7-6-12(15(19)11-14)10-16(21-20)17(8-9-17)13-4-2-1-3-5-13/h1-7,11,16,21H,8-10,20H2. The molecule has 2 aromatic rings. The molecule has 0 spiro atoms. The van der Waals surface area contributed by atoms with Gasteiger partial charge in [0, 0.05) is 17.5 Å². The molecule has 0 bridgehead atoms. The van der Waals surface area contributed by atoms with E-state index in [1.807, 2.05) is 18.2 Å². The van der Waals surface area contributed by atoms with Gasteiger partial charge >= 0.3 is 0 Å². The molecule has 3 N–H and O–H groups in total. The largest absolute Gasteiger partial charge is 0.271 e. The van der Waals surface area contributed by atoms with Crippen LogP contribution in [0.25, 0.3) is 0 Å². The molecule has 1 atom stereocenters. The summed E-state index contributed by atoms with van der Waals surface area (Å²) < 4.78 is 26.8. The fraction of sp³-hybridized carbons (Fsp3) is 0.294. The lowest BCUT2D eigenvalue weighted by Gasteiger charge is -2.27. The van der Waals surface area contributed by atoms with E-state index >= 15 is 0 Å². The van der Waals surface area contributed by atoms with Crippen molar-refractivity contribution in [2.45, 2.75) is 30.7 Å². The molecule has 4 heteroatoms. The molecule has 1 unspecified atom stereocenters. The molecule has 21 heavy (non-hydrogen) atoms. The second kappa shape index (κ2) is 5.54. The Kier molecular flexibility index (Phi) is 3.74. The zero-order chi connectivity index (χ0) is 14.9. The van der Waals surface area contributed by atoms with Crippen LogP contribution in [-0.2, 0) is 11.8 Å². The third-order valence-corrected chi connectivity index (χ3v) is 4.44. The average molecular weight is 288 g/mol. The van der Waals surface area contributed by atoms with Crippen LogP contribution in [0.5, 0.6) is 0 Å². The topological polar surface area (TPSA) is 38.0 Å². The molecular weight excluding hydrogens is 270 g/mol. The number of nitrogens with one attached hydrogen (secondary N) is 1. The Bertz CT molecular complexity index is 624. The Balaban J connectivity index is 1.86. The van der Waals surface area contributed by atoms with Crippen LogP contribution in [0.1, 0.15) is 24.0 Å². The van der Waals surface area contributed by atoms with Crippen LogP contribution in [0.2, 0.25) is 0 Å². The van der Waals surface area contributed by atoms with E-state index in [1.165, 1.54) is 17.7 Å². The molecule has 1 aliphatic rings.